The summed E-state index contributed by atoms with van der Waals surface area (Å²) >= 11 is 0. The minimum Gasteiger partial charge on any atom is -0.459 e. The number of esters is 2. The molecular formula is C17H22O6. The first kappa shape index (κ1) is 16.2. The van der Waals surface area contributed by atoms with Gasteiger partial charge in [-0.15, -0.1) is 0 Å². The maximum Gasteiger partial charge on any atom is 0.334 e. The van der Waals surface area contributed by atoms with Crippen molar-refractivity contribution >= 4 is 11.9 Å². The molecule has 3 rings (SSSR count). The molecule has 0 aromatic carbocycles. The Bertz CT molecular complexity index is 602. The van der Waals surface area contributed by atoms with Crippen LogP contribution in [0.2, 0.25) is 0 Å². The van der Waals surface area contributed by atoms with Gasteiger partial charge in [0, 0.05) is 30.3 Å². The van der Waals surface area contributed by atoms with Gasteiger partial charge < -0.3 is 19.7 Å². The van der Waals surface area contributed by atoms with Gasteiger partial charge in [0.15, 0.2) is 0 Å². The van der Waals surface area contributed by atoms with Crippen LogP contribution in [-0.4, -0.2) is 45.6 Å². The Balaban J connectivity index is 2.08. The Hall–Kier alpha value is -1.66. The van der Waals surface area contributed by atoms with Crippen molar-refractivity contribution in [2.24, 2.45) is 17.8 Å². The highest BCUT2D eigenvalue weighted by atomic mass is 16.6. The predicted molar refractivity (Wildman–Crippen MR) is 80.0 cm³/mol. The minimum atomic E-state index is -1.38. The maximum atomic E-state index is 11.9. The zero-order valence-corrected chi connectivity index (χ0v) is 13.5. The van der Waals surface area contributed by atoms with Crippen molar-refractivity contribution in [3.05, 3.63) is 24.3 Å². The van der Waals surface area contributed by atoms with Crippen molar-refractivity contribution in [2.45, 2.75) is 50.6 Å². The lowest BCUT2D eigenvalue weighted by Gasteiger charge is -2.40. The van der Waals surface area contributed by atoms with Crippen LogP contribution in [0.5, 0.6) is 0 Å². The molecule has 1 saturated heterocycles. The van der Waals surface area contributed by atoms with Crippen LogP contribution < -0.4 is 0 Å². The lowest BCUT2D eigenvalue weighted by atomic mass is 9.73. The van der Waals surface area contributed by atoms with Crippen molar-refractivity contribution in [1.29, 1.82) is 0 Å². The molecule has 0 spiro atoms. The maximum absolute atomic E-state index is 11.9. The molecule has 3 aliphatic rings. The number of ether oxygens (including phenoxy) is 2. The number of aliphatic hydroxyl groups is 2. The van der Waals surface area contributed by atoms with Gasteiger partial charge in [0.2, 0.25) is 0 Å². The van der Waals surface area contributed by atoms with Crippen LogP contribution >= 0.6 is 0 Å². The SMILES string of the molecule is C=C1C(=O)O[C@@H]2[C@@H]3[C@H](C=C[C@]3(C)O)[C@](C)(O)[C@H](OC(C)=O)C[C@@H]12. The molecule has 6 nitrogen and oxygen atoms in total. The monoisotopic (exact) mass is 322 g/mol. The molecule has 2 fully saturated rings. The van der Waals surface area contributed by atoms with Gasteiger partial charge in [-0.05, 0) is 20.3 Å². The first-order valence-corrected chi connectivity index (χ1v) is 7.77. The molecule has 0 radical (unpaired) electrons. The van der Waals surface area contributed by atoms with E-state index in [2.05, 4.69) is 6.58 Å². The van der Waals surface area contributed by atoms with Crippen molar-refractivity contribution < 1.29 is 29.3 Å². The summed E-state index contributed by atoms with van der Waals surface area (Å²) in [5, 5.41) is 21.8. The van der Waals surface area contributed by atoms with E-state index in [4.69, 9.17) is 9.47 Å². The Morgan fingerprint density at radius 1 is 1.43 bits per heavy atom. The van der Waals surface area contributed by atoms with Crippen LogP contribution in [0.1, 0.15) is 27.2 Å². The fourth-order valence-electron chi connectivity index (χ4n) is 4.27. The standard InChI is InChI=1S/C17H22O6/c1-8-10-7-12(22-9(2)18)17(4,21)11-5-6-16(3,20)13(11)14(10)23-15(8)19/h5-6,10-14,20-21H,1,7H2,2-4H3/t10-,11-,12+,13-,14-,16-,17-/m0/s1. The fourth-order valence-corrected chi connectivity index (χ4v) is 4.27. The Labute approximate surface area is 134 Å². The largest absolute Gasteiger partial charge is 0.459 e. The quantitative estimate of drug-likeness (QED) is 0.420. The van der Waals surface area contributed by atoms with Crippen LogP contribution in [-0.2, 0) is 19.1 Å². The first-order valence-electron chi connectivity index (χ1n) is 7.77. The van der Waals surface area contributed by atoms with Gasteiger partial charge in [-0.2, -0.15) is 0 Å². The second-order valence-electron chi connectivity index (χ2n) is 7.20. The average Bonchev–Trinajstić information content (AvgIpc) is 2.84. The zero-order valence-electron chi connectivity index (χ0n) is 13.5. The third-order valence-electron chi connectivity index (χ3n) is 5.51. The number of rotatable bonds is 1. The van der Waals surface area contributed by atoms with Crippen LogP contribution in [0.3, 0.4) is 0 Å². The summed E-state index contributed by atoms with van der Waals surface area (Å²) in [4.78, 5) is 23.4. The van der Waals surface area contributed by atoms with Gasteiger partial charge in [0.1, 0.15) is 17.8 Å². The number of hydrogen-bond donors (Lipinski definition) is 2. The molecule has 2 N–H and O–H groups in total. The van der Waals surface area contributed by atoms with Crippen LogP contribution in [0.4, 0.5) is 0 Å². The molecule has 1 aliphatic heterocycles. The molecule has 0 unspecified atom stereocenters. The van der Waals surface area contributed by atoms with E-state index in [1.54, 1.807) is 26.0 Å². The summed E-state index contributed by atoms with van der Waals surface area (Å²) in [5.74, 6) is -2.43. The van der Waals surface area contributed by atoms with Crippen molar-refractivity contribution in [2.75, 3.05) is 0 Å². The molecule has 126 valence electrons. The van der Waals surface area contributed by atoms with E-state index in [0.29, 0.717) is 5.57 Å². The zero-order chi connectivity index (χ0) is 17.2. The van der Waals surface area contributed by atoms with Gasteiger partial charge in [0.25, 0.3) is 0 Å². The van der Waals surface area contributed by atoms with Gasteiger partial charge in [-0.3, -0.25) is 4.79 Å². The summed E-state index contributed by atoms with van der Waals surface area (Å²) in [6.45, 7) is 8.29. The lowest BCUT2D eigenvalue weighted by Crippen LogP contribution is -2.51. The first-order chi connectivity index (χ1) is 10.6. The smallest absolute Gasteiger partial charge is 0.334 e. The van der Waals surface area contributed by atoms with E-state index in [1.807, 2.05) is 0 Å². The third kappa shape index (κ3) is 2.32. The summed E-state index contributed by atoms with van der Waals surface area (Å²) in [5.41, 5.74) is -2.32. The van der Waals surface area contributed by atoms with Gasteiger partial charge >= 0.3 is 11.9 Å². The minimum absolute atomic E-state index is 0.235. The van der Waals surface area contributed by atoms with Gasteiger partial charge in [-0.1, -0.05) is 18.7 Å². The lowest BCUT2D eigenvalue weighted by molar-refractivity contribution is -0.170. The van der Waals surface area contributed by atoms with Gasteiger partial charge in [0.05, 0.1) is 5.60 Å². The molecule has 1 heterocycles. The van der Waals surface area contributed by atoms with Crippen LogP contribution in [0.15, 0.2) is 24.3 Å². The molecule has 2 aliphatic carbocycles. The normalized spacial score (nSPS) is 48.5. The second-order valence-corrected chi connectivity index (χ2v) is 7.20. The molecule has 1 saturated carbocycles. The third-order valence-corrected chi connectivity index (χ3v) is 5.51. The molecule has 0 aromatic rings. The molecule has 23 heavy (non-hydrogen) atoms. The van der Waals surface area contributed by atoms with E-state index in [0.717, 1.165) is 0 Å². The Morgan fingerprint density at radius 2 is 2.09 bits per heavy atom. The fraction of sp³-hybridized carbons (Fsp3) is 0.647. The van der Waals surface area contributed by atoms with E-state index >= 15 is 0 Å². The molecule has 0 amide bonds. The van der Waals surface area contributed by atoms with E-state index in [1.165, 1.54) is 6.92 Å². The topological polar surface area (TPSA) is 93.1 Å². The van der Waals surface area contributed by atoms with Crippen molar-refractivity contribution in [3.8, 4) is 0 Å². The van der Waals surface area contributed by atoms with E-state index < -0.39 is 53.1 Å². The van der Waals surface area contributed by atoms with E-state index in [9.17, 15) is 19.8 Å². The average molecular weight is 322 g/mol. The van der Waals surface area contributed by atoms with Gasteiger partial charge in [-0.25, -0.2) is 4.79 Å². The molecule has 0 aromatic heterocycles. The highest BCUT2D eigenvalue weighted by Crippen LogP contribution is 2.53. The molecular weight excluding hydrogens is 300 g/mol. The van der Waals surface area contributed by atoms with Crippen LogP contribution in [0.25, 0.3) is 0 Å². The Morgan fingerprint density at radius 3 is 2.70 bits per heavy atom. The molecule has 0 bridgehead atoms. The summed E-state index contributed by atoms with van der Waals surface area (Å²) in [6.07, 6.45) is 2.15. The van der Waals surface area contributed by atoms with Crippen molar-refractivity contribution in [1.82, 2.24) is 0 Å². The number of carbonyl (C=O) groups excluding carboxylic acids is 2. The van der Waals surface area contributed by atoms with E-state index in [-0.39, 0.29) is 6.42 Å². The van der Waals surface area contributed by atoms with Crippen molar-refractivity contribution in [3.63, 3.8) is 0 Å². The summed E-state index contributed by atoms with van der Waals surface area (Å²) < 4.78 is 10.8. The van der Waals surface area contributed by atoms with Crippen LogP contribution in [0, 0.1) is 17.8 Å². The number of fused-ring (bicyclic) bond motifs is 3. The second kappa shape index (κ2) is 4.92. The molecule has 7 atom stereocenters. The predicted octanol–water partition coefficient (Wildman–Crippen LogP) is 0.724. The highest BCUT2D eigenvalue weighted by Gasteiger charge is 2.62. The number of hydrogen-bond acceptors (Lipinski definition) is 6. The molecule has 6 heteroatoms. The summed E-state index contributed by atoms with van der Waals surface area (Å²) in [7, 11) is 0. The Kier molecular flexibility index (Phi) is 3.46. The number of carbonyl (C=O) groups is 2. The highest BCUT2D eigenvalue weighted by molar-refractivity contribution is 5.91. The summed E-state index contributed by atoms with van der Waals surface area (Å²) in [6, 6.07) is 0.